The number of urea groups is 1. The molecule has 154 valence electrons. The molecule has 2 aromatic rings. The summed E-state index contributed by atoms with van der Waals surface area (Å²) in [5.74, 6) is -0.362. The van der Waals surface area contributed by atoms with Crippen molar-refractivity contribution in [3.05, 3.63) is 17.0 Å². The normalized spacial score (nSPS) is 18.5. The molecule has 2 N–H and O–H groups in total. The fraction of sp³-hybridized carbons (Fsp3) is 0.556. The lowest BCUT2D eigenvalue weighted by molar-refractivity contribution is -0.139. The van der Waals surface area contributed by atoms with Crippen LogP contribution < -0.4 is 10.7 Å². The van der Waals surface area contributed by atoms with Gasteiger partial charge in [-0.15, -0.1) is 5.10 Å². The van der Waals surface area contributed by atoms with Crippen LogP contribution in [0.15, 0.2) is 5.16 Å². The van der Waals surface area contributed by atoms with E-state index in [1.165, 1.54) is 11.8 Å². The number of amides is 4. The summed E-state index contributed by atoms with van der Waals surface area (Å²) in [5, 5.41) is 8.57. The Kier molecular flexibility index (Phi) is 4.93. The van der Waals surface area contributed by atoms with Crippen LogP contribution in [0.5, 0.6) is 0 Å². The van der Waals surface area contributed by atoms with Crippen LogP contribution in [0.2, 0.25) is 0 Å². The quantitative estimate of drug-likeness (QED) is 0.568. The minimum absolute atomic E-state index is 0.0286. The van der Waals surface area contributed by atoms with Gasteiger partial charge in [0.1, 0.15) is 5.54 Å². The van der Waals surface area contributed by atoms with E-state index in [-0.39, 0.29) is 12.3 Å². The van der Waals surface area contributed by atoms with Crippen molar-refractivity contribution in [1.82, 2.24) is 35.3 Å². The third-order valence-corrected chi connectivity index (χ3v) is 6.19. The molecule has 4 rings (SSSR count). The molecule has 11 heteroatoms. The van der Waals surface area contributed by atoms with Gasteiger partial charge in [0, 0.05) is 17.0 Å². The maximum absolute atomic E-state index is 12.8. The minimum Gasteiger partial charge on any atom is -0.322 e. The fourth-order valence-electron chi connectivity index (χ4n) is 4.07. The van der Waals surface area contributed by atoms with Gasteiger partial charge in [0.05, 0.1) is 6.42 Å². The number of thioether (sulfide) groups is 1. The lowest BCUT2D eigenvalue weighted by Gasteiger charge is -2.30. The van der Waals surface area contributed by atoms with Gasteiger partial charge in [0.15, 0.2) is 0 Å². The molecule has 1 aliphatic heterocycles. The predicted octanol–water partition coefficient (Wildman–Crippen LogP) is 1.29. The summed E-state index contributed by atoms with van der Waals surface area (Å²) in [6.45, 7) is 3.64. The van der Waals surface area contributed by atoms with Gasteiger partial charge in [0.25, 0.3) is 11.7 Å². The number of imide groups is 1. The number of carbonyl (C=O) groups excluding carboxylic acids is 3. The molecular weight excluding hydrogens is 394 g/mol. The SMILES string of the molecule is CSc1nc2nc(C)c(CC(=O)NN3C(=O)NC4(CCCCC4)C3=O)c(C)n2n1. The maximum Gasteiger partial charge on any atom is 0.344 e. The first-order chi connectivity index (χ1) is 13.8. The Hall–Kier alpha value is -2.69. The van der Waals surface area contributed by atoms with Gasteiger partial charge < -0.3 is 5.32 Å². The van der Waals surface area contributed by atoms with Crippen molar-refractivity contribution >= 4 is 35.4 Å². The lowest BCUT2D eigenvalue weighted by atomic mass is 9.82. The molecule has 1 spiro atoms. The Morgan fingerprint density at radius 2 is 1.93 bits per heavy atom. The van der Waals surface area contributed by atoms with Crippen LogP contribution in [-0.4, -0.2) is 54.2 Å². The van der Waals surface area contributed by atoms with Crippen molar-refractivity contribution in [2.75, 3.05) is 6.26 Å². The van der Waals surface area contributed by atoms with E-state index >= 15 is 0 Å². The molecule has 0 atom stereocenters. The number of nitrogens with zero attached hydrogens (tertiary/aromatic N) is 5. The Balaban J connectivity index is 1.53. The average Bonchev–Trinajstić information content (AvgIpc) is 3.20. The van der Waals surface area contributed by atoms with Crippen LogP contribution in [0.1, 0.15) is 49.1 Å². The van der Waals surface area contributed by atoms with Gasteiger partial charge in [0.2, 0.25) is 11.1 Å². The molecule has 29 heavy (non-hydrogen) atoms. The van der Waals surface area contributed by atoms with E-state index in [0.29, 0.717) is 35.0 Å². The van der Waals surface area contributed by atoms with E-state index < -0.39 is 17.5 Å². The summed E-state index contributed by atoms with van der Waals surface area (Å²) in [6, 6.07) is -0.576. The number of hydrogen-bond acceptors (Lipinski definition) is 7. The highest BCUT2D eigenvalue weighted by Gasteiger charge is 2.52. The number of fused-ring (bicyclic) bond motifs is 1. The molecule has 0 aromatic carbocycles. The molecule has 1 saturated heterocycles. The smallest absolute Gasteiger partial charge is 0.322 e. The molecule has 0 radical (unpaired) electrons. The number of hydrogen-bond donors (Lipinski definition) is 2. The topological polar surface area (TPSA) is 122 Å². The van der Waals surface area contributed by atoms with Gasteiger partial charge >= 0.3 is 6.03 Å². The molecule has 0 unspecified atom stereocenters. The van der Waals surface area contributed by atoms with Gasteiger partial charge in [-0.2, -0.15) is 9.99 Å². The molecule has 10 nitrogen and oxygen atoms in total. The predicted molar refractivity (Wildman–Crippen MR) is 105 cm³/mol. The number of nitrogens with one attached hydrogen (secondary N) is 2. The molecule has 3 heterocycles. The highest BCUT2D eigenvalue weighted by Crippen LogP contribution is 2.33. The molecule has 2 fully saturated rings. The van der Waals surface area contributed by atoms with Crippen LogP contribution in [0.25, 0.3) is 5.78 Å². The summed E-state index contributed by atoms with van der Waals surface area (Å²) in [7, 11) is 0. The van der Waals surface area contributed by atoms with Crippen molar-refractivity contribution in [2.24, 2.45) is 0 Å². The van der Waals surface area contributed by atoms with E-state index in [1.54, 1.807) is 11.4 Å². The Morgan fingerprint density at radius 3 is 2.62 bits per heavy atom. The molecule has 2 aromatic heterocycles. The van der Waals surface area contributed by atoms with Crippen LogP contribution in [-0.2, 0) is 16.0 Å². The number of rotatable bonds is 4. The number of hydrazine groups is 1. The highest BCUT2D eigenvalue weighted by molar-refractivity contribution is 7.98. The number of carbonyl (C=O) groups is 3. The second-order valence-electron chi connectivity index (χ2n) is 7.50. The summed E-state index contributed by atoms with van der Waals surface area (Å²) in [5.41, 5.74) is 3.69. The zero-order valence-electron chi connectivity index (χ0n) is 16.6. The first kappa shape index (κ1) is 19.6. The molecule has 2 aliphatic rings. The van der Waals surface area contributed by atoms with Crippen molar-refractivity contribution in [1.29, 1.82) is 0 Å². The van der Waals surface area contributed by atoms with E-state index in [1.807, 2.05) is 13.2 Å². The maximum atomic E-state index is 12.8. The number of aryl methyl sites for hydroxylation is 2. The van der Waals surface area contributed by atoms with Crippen molar-refractivity contribution in [3.63, 3.8) is 0 Å². The highest BCUT2D eigenvalue weighted by atomic mass is 32.2. The van der Waals surface area contributed by atoms with Crippen molar-refractivity contribution in [2.45, 2.75) is 63.1 Å². The zero-order chi connectivity index (χ0) is 20.8. The minimum atomic E-state index is -0.871. The van der Waals surface area contributed by atoms with Gasteiger partial charge in [-0.05, 0) is 32.9 Å². The van der Waals surface area contributed by atoms with E-state index in [2.05, 4.69) is 25.8 Å². The van der Waals surface area contributed by atoms with Gasteiger partial charge in [-0.25, -0.2) is 14.3 Å². The third kappa shape index (κ3) is 3.33. The monoisotopic (exact) mass is 417 g/mol. The average molecular weight is 417 g/mol. The Bertz CT molecular complexity index is 1010. The first-order valence-corrected chi connectivity index (χ1v) is 10.8. The zero-order valence-corrected chi connectivity index (χ0v) is 17.4. The summed E-state index contributed by atoms with van der Waals surface area (Å²) in [4.78, 5) is 46.6. The summed E-state index contributed by atoms with van der Waals surface area (Å²) in [6.07, 6.45) is 5.87. The van der Waals surface area contributed by atoms with Crippen LogP contribution >= 0.6 is 11.8 Å². The van der Waals surface area contributed by atoms with Crippen molar-refractivity contribution in [3.8, 4) is 0 Å². The van der Waals surface area contributed by atoms with Crippen LogP contribution in [0.3, 0.4) is 0 Å². The molecule has 0 bridgehead atoms. The second kappa shape index (κ2) is 7.29. The first-order valence-electron chi connectivity index (χ1n) is 9.58. The van der Waals surface area contributed by atoms with E-state index in [0.717, 1.165) is 30.0 Å². The van der Waals surface area contributed by atoms with E-state index in [4.69, 9.17) is 0 Å². The summed E-state index contributed by atoms with van der Waals surface area (Å²) < 4.78 is 1.60. The molecule has 1 saturated carbocycles. The lowest BCUT2D eigenvalue weighted by Crippen LogP contribution is -2.51. The number of aromatic nitrogens is 4. The molecular formula is C18H23N7O3S. The Morgan fingerprint density at radius 1 is 1.21 bits per heavy atom. The second-order valence-corrected chi connectivity index (χ2v) is 8.27. The van der Waals surface area contributed by atoms with Crippen molar-refractivity contribution < 1.29 is 14.4 Å². The largest absolute Gasteiger partial charge is 0.344 e. The summed E-state index contributed by atoms with van der Waals surface area (Å²) >= 11 is 1.41. The van der Waals surface area contributed by atoms with Gasteiger partial charge in [-0.1, -0.05) is 31.0 Å². The fourth-order valence-corrected chi connectivity index (χ4v) is 4.41. The van der Waals surface area contributed by atoms with Crippen LogP contribution in [0, 0.1) is 13.8 Å². The standard InChI is InChI=1S/C18H23N7O3S/c1-10-12(11(2)24-15(19-10)20-16(23-24)29-3)9-13(26)22-25-14(27)18(21-17(25)28)7-5-4-6-8-18/h4-9H2,1-3H3,(H,21,28)(H,22,26). The molecule has 4 amide bonds. The Labute approximate surface area is 171 Å². The molecule has 1 aliphatic carbocycles. The van der Waals surface area contributed by atoms with Crippen LogP contribution in [0.4, 0.5) is 4.79 Å². The third-order valence-electron chi connectivity index (χ3n) is 5.65. The van der Waals surface area contributed by atoms with E-state index in [9.17, 15) is 14.4 Å². The van der Waals surface area contributed by atoms with Gasteiger partial charge in [-0.3, -0.25) is 15.0 Å².